The van der Waals surface area contributed by atoms with E-state index in [2.05, 4.69) is 33.4 Å². The summed E-state index contributed by atoms with van der Waals surface area (Å²) in [6.07, 6.45) is 3.46. The molecular formula is C11H14BrNOS. The van der Waals surface area contributed by atoms with E-state index in [0.717, 1.165) is 22.3 Å². The SMILES string of the molecule is O=S1CNc2ccc(CCCCBr)cc21. The second-order valence-electron chi connectivity index (χ2n) is 3.64. The molecule has 1 aromatic carbocycles. The zero-order chi connectivity index (χ0) is 10.7. The van der Waals surface area contributed by atoms with Gasteiger partial charge in [-0.2, -0.15) is 0 Å². The molecule has 1 N–H and O–H groups in total. The van der Waals surface area contributed by atoms with Crippen molar-refractivity contribution < 1.29 is 4.21 Å². The van der Waals surface area contributed by atoms with Gasteiger partial charge in [-0.1, -0.05) is 22.0 Å². The molecule has 0 amide bonds. The van der Waals surface area contributed by atoms with E-state index in [4.69, 9.17) is 0 Å². The van der Waals surface area contributed by atoms with Crippen molar-refractivity contribution in [2.45, 2.75) is 24.2 Å². The first-order chi connectivity index (χ1) is 7.31. The van der Waals surface area contributed by atoms with Crippen molar-refractivity contribution in [3.63, 3.8) is 0 Å². The second kappa shape index (κ2) is 5.12. The Morgan fingerprint density at radius 3 is 3.07 bits per heavy atom. The molecule has 1 heterocycles. The van der Waals surface area contributed by atoms with E-state index < -0.39 is 10.8 Å². The molecule has 0 saturated heterocycles. The van der Waals surface area contributed by atoms with Gasteiger partial charge >= 0.3 is 0 Å². The van der Waals surface area contributed by atoms with Crippen molar-refractivity contribution in [1.82, 2.24) is 0 Å². The average molecular weight is 288 g/mol. The number of fused-ring (bicyclic) bond motifs is 1. The molecule has 1 aliphatic heterocycles. The highest BCUT2D eigenvalue weighted by atomic mass is 79.9. The first-order valence-electron chi connectivity index (χ1n) is 5.12. The van der Waals surface area contributed by atoms with Crippen LogP contribution in [0.5, 0.6) is 0 Å². The van der Waals surface area contributed by atoms with Crippen molar-refractivity contribution in [2.24, 2.45) is 0 Å². The van der Waals surface area contributed by atoms with Gasteiger partial charge in [-0.15, -0.1) is 0 Å². The van der Waals surface area contributed by atoms with E-state index in [-0.39, 0.29) is 0 Å². The maximum Gasteiger partial charge on any atom is 0.0959 e. The molecule has 2 nitrogen and oxygen atoms in total. The van der Waals surface area contributed by atoms with Crippen LogP contribution in [-0.2, 0) is 17.2 Å². The highest BCUT2D eigenvalue weighted by Gasteiger charge is 2.17. The molecule has 0 spiro atoms. The summed E-state index contributed by atoms with van der Waals surface area (Å²) in [5.74, 6) is 0.570. The largest absolute Gasteiger partial charge is 0.372 e. The number of benzene rings is 1. The molecule has 0 fully saturated rings. The number of rotatable bonds is 4. The van der Waals surface area contributed by atoms with Crippen LogP contribution in [0.3, 0.4) is 0 Å². The van der Waals surface area contributed by atoms with Crippen LogP contribution < -0.4 is 5.32 Å². The van der Waals surface area contributed by atoms with Crippen LogP contribution in [0.4, 0.5) is 5.69 Å². The Kier molecular flexibility index (Phi) is 3.81. The molecule has 0 aliphatic carbocycles. The van der Waals surface area contributed by atoms with Gasteiger partial charge in [-0.05, 0) is 37.0 Å². The van der Waals surface area contributed by atoms with Crippen LogP contribution in [0.25, 0.3) is 0 Å². The summed E-state index contributed by atoms with van der Waals surface area (Å²) in [5, 5.41) is 4.20. The molecule has 15 heavy (non-hydrogen) atoms. The quantitative estimate of drug-likeness (QED) is 0.682. The predicted molar refractivity (Wildman–Crippen MR) is 68.1 cm³/mol. The Labute approximate surface area is 101 Å². The number of alkyl halides is 1. The van der Waals surface area contributed by atoms with Gasteiger partial charge in [-0.25, -0.2) is 0 Å². The Hall–Kier alpha value is -0.350. The first kappa shape index (κ1) is 11.1. The highest BCUT2D eigenvalue weighted by molar-refractivity contribution is 9.09. The minimum Gasteiger partial charge on any atom is -0.372 e. The van der Waals surface area contributed by atoms with Gasteiger partial charge in [0.1, 0.15) is 0 Å². The number of unbranched alkanes of at least 4 members (excludes halogenated alkanes) is 1. The molecule has 2 rings (SSSR count). The number of hydrogen-bond donors (Lipinski definition) is 1. The van der Waals surface area contributed by atoms with E-state index in [0.29, 0.717) is 5.88 Å². The van der Waals surface area contributed by atoms with Crippen molar-refractivity contribution in [3.05, 3.63) is 23.8 Å². The second-order valence-corrected chi connectivity index (χ2v) is 5.86. The molecule has 0 bridgehead atoms. The minimum atomic E-state index is -0.836. The summed E-state index contributed by atoms with van der Waals surface area (Å²) in [7, 11) is -0.836. The van der Waals surface area contributed by atoms with Crippen molar-refractivity contribution in [1.29, 1.82) is 0 Å². The van der Waals surface area contributed by atoms with Crippen molar-refractivity contribution >= 4 is 32.4 Å². The van der Waals surface area contributed by atoms with E-state index in [1.807, 2.05) is 6.07 Å². The Balaban J connectivity index is 2.08. The summed E-state index contributed by atoms with van der Waals surface area (Å²) in [4.78, 5) is 0.978. The number of halogens is 1. The third-order valence-electron chi connectivity index (χ3n) is 2.53. The maximum absolute atomic E-state index is 11.6. The van der Waals surface area contributed by atoms with Gasteiger partial charge in [-0.3, -0.25) is 4.21 Å². The lowest BCUT2D eigenvalue weighted by Crippen LogP contribution is -1.94. The van der Waals surface area contributed by atoms with Gasteiger partial charge in [0.25, 0.3) is 0 Å². The van der Waals surface area contributed by atoms with Crippen molar-refractivity contribution in [2.75, 3.05) is 16.5 Å². The number of aryl methyl sites for hydroxylation is 1. The zero-order valence-electron chi connectivity index (χ0n) is 8.46. The number of nitrogens with one attached hydrogen (secondary N) is 1. The van der Waals surface area contributed by atoms with Crippen LogP contribution in [0.15, 0.2) is 23.1 Å². The standard InChI is InChI=1S/C11H14BrNOS/c12-6-2-1-3-9-4-5-10-11(7-9)15(14)8-13-10/h4-5,7,13H,1-3,6,8H2. The van der Waals surface area contributed by atoms with Crippen LogP contribution in [0, 0.1) is 0 Å². The zero-order valence-corrected chi connectivity index (χ0v) is 10.9. The fourth-order valence-corrected chi connectivity index (χ4v) is 3.21. The molecular weight excluding hydrogens is 274 g/mol. The topological polar surface area (TPSA) is 29.1 Å². The molecule has 4 heteroatoms. The van der Waals surface area contributed by atoms with Gasteiger partial charge in [0.2, 0.25) is 0 Å². The third-order valence-corrected chi connectivity index (χ3v) is 4.33. The lowest BCUT2D eigenvalue weighted by molar-refractivity contribution is 0.686. The van der Waals surface area contributed by atoms with Crippen LogP contribution in [-0.4, -0.2) is 15.4 Å². The van der Waals surface area contributed by atoms with Gasteiger partial charge in [0.15, 0.2) is 0 Å². The molecule has 0 saturated carbocycles. The average Bonchev–Trinajstić information content (AvgIpc) is 2.61. The Morgan fingerprint density at radius 1 is 1.40 bits per heavy atom. The van der Waals surface area contributed by atoms with Crippen LogP contribution in [0.1, 0.15) is 18.4 Å². The van der Waals surface area contributed by atoms with Gasteiger partial charge < -0.3 is 5.32 Å². The van der Waals surface area contributed by atoms with Gasteiger partial charge in [0, 0.05) is 5.33 Å². The fourth-order valence-electron chi connectivity index (χ4n) is 1.70. The number of hydrogen-bond acceptors (Lipinski definition) is 2. The lowest BCUT2D eigenvalue weighted by atomic mass is 10.1. The summed E-state index contributed by atoms with van der Waals surface area (Å²) in [6, 6.07) is 6.26. The molecule has 1 unspecified atom stereocenters. The van der Waals surface area contributed by atoms with Gasteiger partial charge in [0.05, 0.1) is 27.3 Å². The lowest BCUT2D eigenvalue weighted by Gasteiger charge is -2.03. The number of anilines is 1. The molecule has 82 valence electrons. The molecule has 1 atom stereocenters. The van der Waals surface area contributed by atoms with E-state index in [9.17, 15) is 4.21 Å². The van der Waals surface area contributed by atoms with Crippen molar-refractivity contribution in [3.8, 4) is 0 Å². The fraction of sp³-hybridized carbons (Fsp3) is 0.455. The summed E-state index contributed by atoms with van der Waals surface area (Å²) >= 11 is 3.42. The molecule has 0 radical (unpaired) electrons. The normalized spacial score (nSPS) is 18.6. The van der Waals surface area contributed by atoms with E-state index in [1.54, 1.807) is 0 Å². The predicted octanol–water partition coefficient (Wildman–Crippen LogP) is 2.89. The Morgan fingerprint density at radius 2 is 2.27 bits per heavy atom. The maximum atomic E-state index is 11.6. The first-order valence-corrected chi connectivity index (χ1v) is 7.56. The summed E-state index contributed by atoms with van der Waals surface area (Å²) < 4.78 is 11.6. The van der Waals surface area contributed by atoms with Crippen LogP contribution in [0.2, 0.25) is 0 Å². The third kappa shape index (κ3) is 2.61. The van der Waals surface area contributed by atoms with E-state index >= 15 is 0 Å². The van der Waals surface area contributed by atoms with Crippen LogP contribution >= 0.6 is 15.9 Å². The Bertz CT molecular complexity index is 381. The summed E-state index contributed by atoms with van der Waals surface area (Å²) in [6.45, 7) is 0. The summed E-state index contributed by atoms with van der Waals surface area (Å²) in [5.41, 5.74) is 2.34. The highest BCUT2D eigenvalue weighted by Crippen LogP contribution is 2.27. The molecule has 1 aliphatic rings. The van der Waals surface area contributed by atoms with E-state index in [1.165, 1.54) is 18.4 Å². The smallest absolute Gasteiger partial charge is 0.0959 e. The molecule has 0 aromatic heterocycles. The molecule has 1 aromatic rings. The minimum absolute atomic E-state index is 0.570. The monoisotopic (exact) mass is 287 g/mol.